The zero-order valence-electron chi connectivity index (χ0n) is 14.5. The summed E-state index contributed by atoms with van der Waals surface area (Å²) in [4.78, 5) is 26.9. The van der Waals surface area contributed by atoms with Gasteiger partial charge in [-0.25, -0.2) is 9.78 Å². The predicted octanol–water partition coefficient (Wildman–Crippen LogP) is 3.09. The van der Waals surface area contributed by atoms with Gasteiger partial charge in [-0.1, -0.05) is 26.0 Å². The molecule has 0 radical (unpaired) electrons. The largest absolute Gasteiger partial charge is 0.481 e. The van der Waals surface area contributed by atoms with Crippen molar-refractivity contribution in [2.45, 2.75) is 39.2 Å². The van der Waals surface area contributed by atoms with Gasteiger partial charge in [-0.3, -0.25) is 4.79 Å². The Morgan fingerprint density at radius 1 is 1.32 bits per heavy atom. The number of nitrogens with one attached hydrogen (secondary N) is 1. The van der Waals surface area contributed by atoms with Gasteiger partial charge in [0.2, 0.25) is 0 Å². The number of carbonyl (C=O) groups is 2. The summed E-state index contributed by atoms with van der Waals surface area (Å²) < 4.78 is 5.70. The van der Waals surface area contributed by atoms with Gasteiger partial charge < -0.3 is 15.2 Å². The molecule has 6 nitrogen and oxygen atoms in total. The number of carboxylic acids is 1. The number of hydrogen-bond donors (Lipinski definition) is 2. The third kappa shape index (κ3) is 5.56. The molecule has 2 N–H and O–H groups in total. The second-order valence-electron chi connectivity index (χ2n) is 5.96. The van der Waals surface area contributed by atoms with Crippen LogP contribution in [0.3, 0.4) is 0 Å². The lowest BCUT2D eigenvalue weighted by molar-refractivity contribution is -0.127. The van der Waals surface area contributed by atoms with E-state index in [4.69, 9.17) is 9.84 Å². The Labute approximate surface area is 150 Å². The molecule has 1 amide bonds. The van der Waals surface area contributed by atoms with E-state index in [1.807, 2.05) is 24.3 Å². The van der Waals surface area contributed by atoms with Crippen molar-refractivity contribution in [1.82, 2.24) is 10.3 Å². The molecule has 1 aromatic heterocycles. The average molecular weight is 362 g/mol. The minimum Gasteiger partial charge on any atom is -0.481 e. The lowest BCUT2D eigenvalue weighted by Gasteiger charge is -2.16. The van der Waals surface area contributed by atoms with Crippen molar-refractivity contribution < 1.29 is 19.4 Å². The number of benzene rings is 1. The summed E-state index contributed by atoms with van der Waals surface area (Å²) in [7, 11) is 0. The van der Waals surface area contributed by atoms with Gasteiger partial charge in [-0.15, -0.1) is 11.3 Å². The van der Waals surface area contributed by atoms with E-state index in [2.05, 4.69) is 24.1 Å². The number of carbonyl (C=O) groups excluding carboxylic acids is 1. The molecule has 1 heterocycles. The number of thiazole rings is 1. The van der Waals surface area contributed by atoms with Gasteiger partial charge in [0.25, 0.3) is 5.91 Å². The van der Waals surface area contributed by atoms with E-state index in [1.54, 1.807) is 6.92 Å². The highest BCUT2D eigenvalue weighted by Gasteiger charge is 2.15. The Morgan fingerprint density at radius 3 is 2.72 bits per heavy atom. The SMILES string of the molecule is CC(Oc1cccc(C(C)C)c1)C(=O)NCCc1nc(C(=O)O)cs1. The molecule has 0 aliphatic carbocycles. The fraction of sp³-hybridized carbons (Fsp3) is 0.389. The quantitative estimate of drug-likeness (QED) is 0.753. The lowest BCUT2D eigenvalue weighted by atomic mass is 10.0. The van der Waals surface area contributed by atoms with Crippen molar-refractivity contribution in [2.24, 2.45) is 0 Å². The molecule has 0 bridgehead atoms. The summed E-state index contributed by atoms with van der Waals surface area (Å²) in [5.41, 5.74) is 1.19. The minimum atomic E-state index is -1.04. The minimum absolute atomic E-state index is 0.0352. The maximum atomic E-state index is 12.1. The fourth-order valence-corrected chi connectivity index (χ4v) is 2.94. The highest BCUT2D eigenvalue weighted by Crippen LogP contribution is 2.21. The summed E-state index contributed by atoms with van der Waals surface area (Å²) in [6, 6.07) is 7.72. The summed E-state index contributed by atoms with van der Waals surface area (Å²) in [5.74, 6) is -0.205. The van der Waals surface area contributed by atoms with Crippen LogP contribution in [0, 0.1) is 0 Å². The molecular formula is C18H22N2O4S. The summed E-state index contributed by atoms with van der Waals surface area (Å²) in [5, 5.41) is 13.8. The van der Waals surface area contributed by atoms with E-state index in [1.165, 1.54) is 16.7 Å². The molecule has 0 aliphatic heterocycles. The molecule has 1 unspecified atom stereocenters. The van der Waals surface area contributed by atoms with Gasteiger partial charge >= 0.3 is 5.97 Å². The Hall–Kier alpha value is -2.41. The molecule has 0 aliphatic rings. The van der Waals surface area contributed by atoms with E-state index in [0.29, 0.717) is 29.6 Å². The number of nitrogens with zero attached hydrogens (tertiary/aromatic N) is 1. The topological polar surface area (TPSA) is 88.5 Å². The first kappa shape index (κ1) is 18.9. The molecule has 7 heteroatoms. The number of aromatic nitrogens is 1. The van der Waals surface area contributed by atoms with Crippen LogP contribution in [-0.2, 0) is 11.2 Å². The molecule has 134 valence electrons. The van der Waals surface area contributed by atoms with E-state index >= 15 is 0 Å². The van der Waals surface area contributed by atoms with Crippen molar-refractivity contribution >= 4 is 23.2 Å². The molecule has 1 atom stereocenters. The molecule has 1 aromatic carbocycles. The molecule has 2 rings (SSSR count). The maximum absolute atomic E-state index is 12.1. The zero-order chi connectivity index (χ0) is 18.4. The summed E-state index contributed by atoms with van der Waals surface area (Å²) in [6.07, 6.45) is -0.132. The van der Waals surface area contributed by atoms with E-state index in [9.17, 15) is 9.59 Å². The zero-order valence-corrected chi connectivity index (χ0v) is 15.3. The van der Waals surface area contributed by atoms with Crippen LogP contribution in [0.1, 0.15) is 47.7 Å². The Morgan fingerprint density at radius 2 is 2.08 bits per heavy atom. The van der Waals surface area contributed by atoms with E-state index < -0.39 is 12.1 Å². The third-order valence-electron chi connectivity index (χ3n) is 3.62. The van der Waals surface area contributed by atoms with E-state index in [0.717, 1.165) is 5.56 Å². The Kier molecular flexibility index (Phi) is 6.52. The highest BCUT2D eigenvalue weighted by atomic mass is 32.1. The van der Waals surface area contributed by atoms with Crippen LogP contribution < -0.4 is 10.1 Å². The number of aromatic carboxylic acids is 1. The van der Waals surface area contributed by atoms with Gasteiger partial charge in [-0.05, 0) is 30.5 Å². The monoisotopic (exact) mass is 362 g/mol. The van der Waals surface area contributed by atoms with Crippen molar-refractivity contribution in [3.63, 3.8) is 0 Å². The first-order valence-corrected chi connectivity index (χ1v) is 8.96. The van der Waals surface area contributed by atoms with Crippen molar-refractivity contribution in [3.8, 4) is 5.75 Å². The number of rotatable bonds is 8. The van der Waals surface area contributed by atoms with Crippen LogP contribution in [0.5, 0.6) is 5.75 Å². The molecule has 0 saturated heterocycles. The van der Waals surface area contributed by atoms with Gasteiger partial charge in [0, 0.05) is 18.3 Å². The second kappa shape index (κ2) is 8.62. The molecular weight excluding hydrogens is 340 g/mol. The molecule has 25 heavy (non-hydrogen) atoms. The molecule has 0 spiro atoms. The van der Waals surface area contributed by atoms with Crippen LogP contribution in [0.2, 0.25) is 0 Å². The Balaban J connectivity index is 1.81. The number of ether oxygens (including phenoxy) is 1. The Bertz CT molecular complexity index is 742. The summed E-state index contributed by atoms with van der Waals surface area (Å²) >= 11 is 1.27. The summed E-state index contributed by atoms with van der Waals surface area (Å²) in [6.45, 7) is 6.28. The average Bonchev–Trinajstić information content (AvgIpc) is 3.04. The van der Waals surface area contributed by atoms with Gasteiger partial charge in [0.15, 0.2) is 11.8 Å². The van der Waals surface area contributed by atoms with Crippen LogP contribution >= 0.6 is 11.3 Å². The van der Waals surface area contributed by atoms with Gasteiger partial charge in [0.05, 0.1) is 5.01 Å². The van der Waals surface area contributed by atoms with Crippen LogP contribution in [0.4, 0.5) is 0 Å². The highest BCUT2D eigenvalue weighted by molar-refractivity contribution is 7.09. The van der Waals surface area contributed by atoms with Crippen molar-refractivity contribution in [1.29, 1.82) is 0 Å². The molecule has 0 saturated carbocycles. The lowest BCUT2D eigenvalue weighted by Crippen LogP contribution is -2.37. The maximum Gasteiger partial charge on any atom is 0.355 e. The number of amides is 1. The second-order valence-corrected chi connectivity index (χ2v) is 6.90. The number of carboxylic acid groups (broad SMARTS) is 1. The smallest absolute Gasteiger partial charge is 0.355 e. The molecule has 2 aromatic rings. The normalized spacial score (nSPS) is 12.0. The van der Waals surface area contributed by atoms with Crippen LogP contribution in [0.25, 0.3) is 0 Å². The molecule has 0 fully saturated rings. The van der Waals surface area contributed by atoms with Gasteiger partial charge in [0.1, 0.15) is 5.75 Å². The van der Waals surface area contributed by atoms with Gasteiger partial charge in [-0.2, -0.15) is 0 Å². The van der Waals surface area contributed by atoms with Crippen molar-refractivity contribution in [2.75, 3.05) is 6.54 Å². The fourth-order valence-electron chi connectivity index (χ4n) is 2.16. The standard InChI is InChI=1S/C18H22N2O4S/c1-11(2)13-5-4-6-14(9-13)24-12(3)17(21)19-8-7-16-20-15(10-25-16)18(22)23/h4-6,9-12H,7-8H2,1-3H3,(H,19,21)(H,22,23). The first-order valence-electron chi connectivity index (χ1n) is 8.09. The van der Waals surface area contributed by atoms with E-state index in [-0.39, 0.29) is 11.6 Å². The first-order chi connectivity index (χ1) is 11.9. The predicted molar refractivity (Wildman–Crippen MR) is 96.4 cm³/mol. The number of hydrogen-bond acceptors (Lipinski definition) is 5. The van der Waals surface area contributed by atoms with Crippen molar-refractivity contribution in [3.05, 3.63) is 45.9 Å². The third-order valence-corrected chi connectivity index (χ3v) is 4.52. The van der Waals surface area contributed by atoms with Crippen LogP contribution in [0.15, 0.2) is 29.6 Å². The van der Waals surface area contributed by atoms with Crippen LogP contribution in [-0.4, -0.2) is 34.6 Å².